The summed E-state index contributed by atoms with van der Waals surface area (Å²) in [5.74, 6) is 2.37. The minimum atomic E-state index is 0.714. The average molecular weight is 187 g/mol. The van der Waals surface area contributed by atoms with Crippen molar-refractivity contribution in [3.8, 4) is 0 Å². The second-order valence-corrected chi connectivity index (χ2v) is 5.08. The van der Waals surface area contributed by atoms with Crippen LogP contribution in [0.1, 0.15) is 39.0 Å². The van der Waals surface area contributed by atoms with E-state index >= 15 is 0 Å². The monoisotopic (exact) mass is 187 g/mol. The van der Waals surface area contributed by atoms with E-state index in [2.05, 4.69) is 18.7 Å². The molecule has 0 aliphatic heterocycles. The maximum absolute atomic E-state index is 5.65. The third-order valence-electron chi connectivity index (χ3n) is 2.76. The van der Waals surface area contributed by atoms with Gasteiger partial charge in [0.2, 0.25) is 0 Å². The highest BCUT2D eigenvalue weighted by Gasteiger charge is 2.16. The molecule has 2 heteroatoms. The third kappa shape index (κ3) is 3.36. The number of rotatable bonds is 5. The molecule has 0 saturated heterocycles. The molecule has 0 aromatic heterocycles. The Morgan fingerprint density at radius 1 is 1.42 bits per heavy atom. The normalized spacial score (nSPS) is 21.5. The summed E-state index contributed by atoms with van der Waals surface area (Å²) in [5.41, 5.74) is 5.65. The standard InChI is InChI=1S/C10H21NS/c1-2-10(7-11)12-8-9-5-3-4-6-9/h9-10H,2-8,11H2,1H3. The first kappa shape index (κ1) is 10.4. The molecular weight excluding hydrogens is 166 g/mol. The van der Waals surface area contributed by atoms with E-state index in [1.165, 1.54) is 37.9 Å². The minimum absolute atomic E-state index is 0.714. The van der Waals surface area contributed by atoms with Crippen LogP contribution in [-0.4, -0.2) is 17.5 Å². The van der Waals surface area contributed by atoms with E-state index in [0.29, 0.717) is 5.25 Å². The summed E-state index contributed by atoms with van der Waals surface area (Å²) >= 11 is 2.09. The Kier molecular flexibility index (Phi) is 5.08. The lowest BCUT2D eigenvalue weighted by Crippen LogP contribution is -2.17. The van der Waals surface area contributed by atoms with Crippen molar-refractivity contribution in [1.29, 1.82) is 0 Å². The Balaban J connectivity index is 2.06. The topological polar surface area (TPSA) is 26.0 Å². The van der Waals surface area contributed by atoms with E-state index in [0.717, 1.165) is 12.5 Å². The summed E-state index contributed by atoms with van der Waals surface area (Å²) in [6, 6.07) is 0. The lowest BCUT2D eigenvalue weighted by atomic mass is 10.1. The Hall–Kier alpha value is 0.310. The van der Waals surface area contributed by atoms with Gasteiger partial charge < -0.3 is 5.73 Å². The van der Waals surface area contributed by atoms with Crippen molar-refractivity contribution >= 4 is 11.8 Å². The van der Waals surface area contributed by atoms with Crippen LogP contribution in [-0.2, 0) is 0 Å². The first-order chi connectivity index (χ1) is 5.86. The molecule has 0 amide bonds. The molecule has 0 aromatic rings. The van der Waals surface area contributed by atoms with Crippen molar-refractivity contribution in [2.24, 2.45) is 11.7 Å². The van der Waals surface area contributed by atoms with Crippen molar-refractivity contribution in [2.75, 3.05) is 12.3 Å². The molecule has 1 fully saturated rings. The van der Waals surface area contributed by atoms with E-state index < -0.39 is 0 Å². The molecule has 1 unspecified atom stereocenters. The van der Waals surface area contributed by atoms with Gasteiger partial charge in [-0.25, -0.2) is 0 Å². The molecular formula is C10H21NS. The average Bonchev–Trinajstić information content (AvgIpc) is 2.59. The van der Waals surface area contributed by atoms with Crippen molar-refractivity contribution in [2.45, 2.75) is 44.3 Å². The largest absolute Gasteiger partial charge is 0.329 e. The molecule has 2 N–H and O–H groups in total. The first-order valence-electron chi connectivity index (χ1n) is 5.18. The summed E-state index contributed by atoms with van der Waals surface area (Å²) in [5, 5.41) is 0.714. The predicted octanol–water partition coefficient (Wildman–Crippen LogP) is 2.65. The van der Waals surface area contributed by atoms with Crippen LogP contribution < -0.4 is 5.73 Å². The number of thioether (sulfide) groups is 1. The van der Waals surface area contributed by atoms with E-state index in [4.69, 9.17) is 5.73 Å². The molecule has 0 radical (unpaired) electrons. The highest BCUT2D eigenvalue weighted by Crippen LogP contribution is 2.29. The van der Waals surface area contributed by atoms with Crippen molar-refractivity contribution in [3.63, 3.8) is 0 Å². The zero-order chi connectivity index (χ0) is 8.81. The molecule has 1 nitrogen and oxygen atoms in total. The van der Waals surface area contributed by atoms with Gasteiger partial charge in [-0.15, -0.1) is 0 Å². The van der Waals surface area contributed by atoms with Crippen molar-refractivity contribution < 1.29 is 0 Å². The molecule has 0 aromatic carbocycles. The van der Waals surface area contributed by atoms with Gasteiger partial charge in [0.25, 0.3) is 0 Å². The van der Waals surface area contributed by atoms with Gasteiger partial charge >= 0.3 is 0 Å². The Bertz CT molecular complexity index is 104. The van der Waals surface area contributed by atoms with Crippen LogP contribution in [0.25, 0.3) is 0 Å². The van der Waals surface area contributed by atoms with Gasteiger partial charge in [0.05, 0.1) is 0 Å². The fourth-order valence-electron chi connectivity index (χ4n) is 1.80. The van der Waals surface area contributed by atoms with Gasteiger partial charge in [0, 0.05) is 11.8 Å². The van der Waals surface area contributed by atoms with Crippen LogP contribution in [0.15, 0.2) is 0 Å². The van der Waals surface area contributed by atoms with Gasteiger partial charge in [-0.1, -0.05) is 19.8 Å². The summed E-state index contributed by atoms with van der Waals surface area (Å²) in [4.78, 5) is 0. The highest BCUT2D eigenvalue weighted by atomic mass is 32.2. The molecule has 0 heterocycles. The zero-order valence-corrected chi connectivity index (χ0v) is 8.91. The molecule has 1 aliphatic carbocycles. The number of hydrogen-bond donors (Lipinski definition) is 1. The van der Waals surface area contributed by atoms with Gasteiger partial charge in [0.15, 0.2) is 0 Å². The summed E-state index contributed by atoms with van der Waals surface area (Å²) in [6.45, 7) is 3.09. The van der Waals surface area contributed by atoms with E-state index in [-0.39, 0.29) is 0 Å². The molecule has 0 spiro atoms. The molecule has 72 valence electrons. The highest BCUT2D eigenvalue weighted by molar-refractivity contribution is 7.99. The molecule has 1 rings (SSSR count). The van der Waals surface area contributed by atoms with Gasteiger partial charge in [-0.05, 0) is 30.9 Å². The lowest BCUT2D eigenvalue weighted by molar-refractivity contribution is 0.621. The van der Waals surface area contributed by atoms with E-state index in [9.17, 15) is 0 Å². The van der Waals surface area contributed by atoms with Crippen LogP contribution in [0, 0.1) is 5.92 Å². The third-order valence-corrected chi connectivity index (χ3v) is 4.42. The minimum Gasteiger partial charge on any atom is -0.329 e. The Morgan fingerprint density at radius 2 is 2.08 bits per heavy atom. The van der Waals surface area contributed by atoms with Crippen LogP contribution >= 0.6 is 11.8 Å². The zero-order valence-electron chi connectivity index (χ0n) is 8.09. The molecule has 1 saturated carbocycles. The fourth-order valence-corrected chi connectivity index (χ4v) is 3.05. The second kappa shape index (κ2) is 5.87. The smallest absolute Gasteiger partial charge is 0.0167 e. The SMILES string of the molecule is CCC(CN)SCC1CCCC1. The predicted molar refractivity (Wildman–Crippen MR) is 57.5 cm³/mol. The number of nitrogens with two attached hydrogens (primary N) is 1. The Labute approximate surface area is 80.5 Å². The molecule has 0 bridgehead atoms. The van der Waals surface area contributed by atoms with E-state index in [1.807, 2.05) is 0 Å². The van der Waals surface area contributed by atoms with Crippen LogP contribution in [0.3, 0.4) is 0 Å². The molecule has 1 aliphatic rings. The lowest BCUT2D eigenvalue weighted by Gasteiger charge is -2.14. The maximum Gasteiger partial charge on any atom is 0.0167 e. The quantitative estimate of drug-likeness (QED) is 0.716. The van der Waals surface area contributed by atoms with Crippen molar-refractivity contribution in [1.82, 2.24) is 0 Å². The molecule has 1 atom stereocenters. The van der Waals surface area contributed by atoms with E-state index in [1.54, 1.807) is 0 Å². The van der Waals surface area contributed by atoms with Gasteiger partial charge in [-0.2, -0.15) is 11.8 Å². The maximum atomic E-state index is 5.65. The van der Waals surface area contributed by atoms with Crippen LogP contribution in [0.5, 0.6) is 0 Å². The molecule has 12 heavy (non-hydrogen) atoms. The van der Waals surface area contributed by atoms with Gasteiger partial charge in [-0.3, -0.25) is 0 Å². The second-order valence-electron chi connectivity index (χ2n) is 3.75. The fraction of sp³-hybridized carbons (Fsp3) is 1.00. The summed E-state index contributed by atoms with van der Waals surface area (Å²) < 4.78 is 0. The van der Waals surface area contributed by atoms with Crippen LogP contribution in [0.4, 0.5) is 0 Å². The van der Waals surface area contributed by atoms with Gasteiger partial charge in [0.1, 0.15) is 0 Å². The van der Waals surface area contributed by atoms with Crippen LogP contribution in [0.2, 0.25) is 0 Å². The summed E-state index contributed by atoms with van der Waals surface area (Å²) in [6.07, 6.45) is 7.09. The first-order valence-corrected chi connectivity index (χ1v) is 6.23. The van der Waals surface area contributed by atoms with Crippen molar-refractivity contribution in [3.05, 3.63) is 0 Å². The Morgan fingerprint density at radius 3 is 2.58 bits per heavy atom. The summed E-state index contributed by atoms with van der Waals surface area (Å²) in [7, 11) is 0. The number of hydrogen-bond acceptors (Lipinski definition) is 2.